The fourth-order valence-corrected chi connectivity index (χ4v) is 2.26. The number of pyridine rings is 1. The first kappa shape index (κ1) is 13.6. The van der Waals surface area contributed by atoms with Crippen LogP contribution in [0.5, 0.6) is 0 Å². The second-order valence-electron chi connectivity index (χ2n) is 6.11. The van der Waals surface area contributed by atoms with E-state index >= 15 is 0 Å². The van der Waals surface area contributed by atoms with Gasteiger partial charge < -0.3 is 9.74 Å². The molecule has 0 amide bonds. The summed E-state index contributed by atoms with van der Waals surface area (Å²) in [5.74, 6) is 0.581. The zero-order valence-electron chi connectivity index (χ0n) is 12.2. The smallest absolute Gasteiger partial charge is 0.254 e. The average Bonchev–Trinajstić information content (AvgIpc) is 2.70. The molecule has 2 heterocycles. The highest BCUT2D eigenvalue weighted by molar-refractivity contribution is 5.59. The molecule has 0 saturated heterocycles. The molecule has 0 unspecified atom stereocenters. The molecule has 0 aliphatic rings. The molecule has 2 rings (SSSR count). The topological polar surface area (TPSA) is 24.9 Å². The van der Waals surface area contributed by atoms with Gasteiger partial charge in [-0.1, -0.05) is 27.3 Å². The molecule has 0 bridgehead atoms. The van der Waals surface area contributed by atoms with E-state index in [1.165, 1.54) is 5.56 Å². The molecular formula is C15H20N4. The highest BCUT2D eigenvalue weighted by atomic mass is 15.1. The number of imidazole rings is 1. The van der Waals surface area contributed by atoms with Gasteiger partial charge in [-0.2, -0.15) is 0 Å². The summed E-state index contributed by atoms with van der Waals surface area (Å²) in [6, 6.07) is 4.23. The molecule has 4 nitrogen and oxygen atoms in total. The fourth-order valence-electron chi connectivity index (χ4n) is 2.26. The lowest BCUT2D eigenvalue weighted by atomic mass is 9.87. The first-order chi connectivity index (χ1) is 8.84. The Balaban J connectivity index is 2.75. The van der Waals surface area contributed by atoms with Gasteiger partial charge in [0.1, 0.15) is 5.69 Å². The lowest BCUT2D eigenvalue weighted by Gasteiger charge is -2.20. The zero-order chi connectivity index (χ0) is 14.2. The zero-order valence-corrected chi connectivity index (χ0v) is 12.2. The van der Waals surface area contributed by atoms with Crippen LogP contribution < -0.4 is 0 Å². The molecule has 100 valence electrons. The summed E-state index contributed by atoms with van der Waals surface area (Å²) in [6.45, 7) is 14.6. The highest BCUT2D eigenvalue weighted by Crippen LogP contribution is 2.29. The molecule has 0 aromatic carbocycles. The number of aromatic nitrogens is 2. The molecule has 0 radical (unpaired) electrons. The summed E-state index contributed by atoms with van der Waals surface area (Å²) in [7, 11) is 4.05. The summed E-state index contributed by atoms with van der Waals surface area (Å²) in [5, 5.41) is 0. The largest absolute Gasteiger partial charge is 0.362 e. The van der Waals surface area contributed by atoms with Gasteiger partial charge in [-0.15, -0.1) is 0 Å². The van der Waals surface area contributed by atoms with Crippen molar-refractivity contribution in [3.63, 3.8) is 0 Å². The van der Waals surface area contributed by atoms with Crippen molar-refractivity contribution in [1.29, 1.82) is 0 Å². The van der Waals surface area contributed by atoms with Crippen molar-refractivity contribution >= 4 is 11.5 Å². The Morgan fingerprint density at radius 1 is 1.32 bits per heavy atom. The van der Waals surface area contributed by atoms with Gasteiger partial charge >= 0.3 is 0 Å². The summed E-state index contributed by atoms with van der Waals surface area (Å²) < 4.78 is 1.98. The third-order valence-corrected chi connectivity index (χ3v) is 3.11. The second kappa shape index (κ2) is 4.67. The van der Waals surface area contributed by atoms with E-state index in [-0.39, 0.29) is 5.41 Å². The number of fused-ring (bicyclic) bond motifs is 1. The Kier molecular flexibility index (Phi) is 3.34. The Bertz CT molecular complexity index is 638. The van der Waals surface area contributed by atoms with E-state index in [9.17, 15) is 0 Å². The Hall–Kier alpha value is -1.86. The van der Waals surface area contributed by atoms with E-state index in [2.05, 4.69) is 47.6 Å². The minimum Gasteiger partial charge on any atom is -0.362 e. The molecule has 0 aliphatic carbocycles. The van der Waals surface area contributed by atoms with Crippen LogP contribution in [0.1, 0.15) is 32.0 Å². The van der Waals surface area contributed by atoms with Crippen LogP contribution in [0.2, 0.25) is 0 Å². The van der Waals surface area contributed by atoms with Crippen molar-refractivity contribution in [2.24, 2.45) is 0 Å². The van der Waals surface area contributed by atoms with E-state index < -0.39 is 0 Å². The summed E-state index contributed by atoms with van der Waals surface area (Å²) >= 11 is 0. The monoisotopic (exact) mass is 256 g/mol. The quantitative estimate of drug-likeness (QED) is 0.771. The fraction of sp³-hybridized carbons (Fsp3) is 0.467. The standard InChI is InChI=1S/C15H20N4/c1-15(2,3)12-8-7-11(10-18(5)6)19-13(16-4)9-17-14(12)19/h7-9H,10H2,1-3,5-6H3. The average molecular weight is 256 g/mol. The van der Waals surface area contributed by atoms with Crippen molar-refractivity contribution in [1.82, 2.24) is 14.3 Å². The molecule has 0 N–H and O–H groups in total. The van der Waals surface area contributed by atoms with Gasteiger partial charge in [-0.25, -0.2) is 9.38 Å². The number of hydrogen-bond acceptors (Lipinski definition) is 2. The van der Waals surface area contributed by atoms with Crippen LogP contribution in [-0.4, -0.2) is 28.4 Å². The number of rotatable bonds is 2. The van der Waals surface area contributed by atoms with Gasteiger partial charge in [-0.3, -0.25) is 0 Å². The molecular weight excluding hydrogens is 236 g/mol. The molecule has 0 fully saturated rings. The van der Waals surface area contributed by atoms with Crippen molar-refractivity contribution in [2.75, 3.05) is 14.1 Å². The maximum Gasteiger partial charge on any atom is 0.254 e. The van der Waals surface area contributed by atoms with E-state index in [4.69, 9.17) is 6.57 Å². The van der Waals surface area contributed by atoms with Crippen LogP contribution in [0, 0.1) is 6.57 Å². The lowest BCUT2D eigenvalue weighted by Crippen LogP contribution is -2.17. The molecule has 0 atom stereocenters. The Labute approximate surface area is 114 Å². The van der Waals surface area contributed by atoms with Crippen molar-refractivity contribution in [3.05, 3.63) is 41.0 Å². The van der Waals surface area contributed by atoms with Crippen LogP contribution in [0.15, 0.2) is 18.3 Å². The SMILES string of the molecule is [C-]#[N+]c1cnc2c(C(C)(C)C)ccc(CN(C)C)n12. The summed E-state index contributed by atoms with van der Waals surface area (Å²) in [5.41, 5.74) is 3.18. The van der Waals surface area contributed by atoms with Crippen molar-refractivity contribution < 1.29 is 0 Å². The third kappa shape index (κ3) is 2.47. The van der Waals surface area contributed by atoms with Gasteiger partial charge in [0.05, 0.1) is 12.7 Å². The third-order valence-electron chi connectivity index (χ3n) is 3.11. The van der Waals surface area contributed by atoms with Gasteiger partial charge in [0.2, 0.25) is 5.65 Å². The van der Waals surface area contributed by atoms with Gasteiger partial charge in [0, 0.05) is 5.56 Å². The Morgan fingerprint density at radius 2 is 2.00 bits per heavy atom. The molecule has 19 heavy (non-hydrogen) atoms. The normalized spacial score (nSPS) is 12.1. The van der Waals surface area contributed by atoms with E-state index in [1.54, 1.807) is 6.20 Å². The van der Waals surface area contributed by atoms with Gasteiger partial charge in [-0.05, 0) is 31.6 Å². The van der Waals surface area contributed by atoms with E-state index in [0.29, 0.717) is 5.82 Å². The van der Waals surface area contributed by atoms with Crippen LogP contribution in [0.4, 0.5) is 5.82 Å². The summed E-state index contributed by atoms with van der Waals surface area (Å²) in [6.07, 6.45) is 1.66. The first-order valence-corrected chi connectivity index (χ1v) is 6.36. The second-order valence-corrected chi connectivity index (χ2v) is 6.11. The minimum atomic E-state index is 0.0164. The first-order valence-electron chi connectivity index (χ1n) is 6.36. The molecule has 0 saturated carbocycles. The van der Waals surface area contributed by atoms with Crippen LogP contribution in [0.25, 0.3) is 10.5 Å². The lowest BCUT2D eigenvalue weighted by molar-refractivity contribution is 0.395. The van der Waals surface area contributed by atoms with Gasteiger partial charge in [0.25, 0.3) is 5.82 Å². The maximum atomic E-state index is 7.30. The Morgan fingerprint density at radius 3 is 2.53 bits per heavy atom. The molecule has 4 heteroatoms. The van der Waals surface area contributed by atoms with Gasteiger partial charge in [0.15, 0.2) is 0 Å². The predicted molar refractivity (Wildman–Crippen MR) is 77.5 cm³/mol. The number of nitrogens with zero attached hydrogens (tertiary/aromatic N) is 4. The molecule has 0 aliphatic heterocycles. The van der Waals surface area contributed by atoms with Crippen molar-refractivity contribution in [2.45, 2.75) is 32.7 Å². The van der Waals surface area contributed by atoms with E-state index in [0.717, 1.165) is 17.9 Å². The van der Waals surface area contributed by atoms with E-state index in [1.807, 2.05) is 18.5 Å². The molecule has 2 aromatic rings. The summed E-state index contributed by atoms with van der Waals surface area (Å²) in [4.78, 5) is 10.1. The number of hydrogen-bond donors (Lipinski definition) is 0. The van der Waals surface area contributed by atoms with Crippen LogP contribution in [0.3, 0.4) is 0 Å². The highest BCUT2D eigenvalue weighted by Gasteiger charge is 2.23. The van der Waals surface area contributed by atoms with Crippen LogP contribution in [-0.2, 0) is 12.0 Å². The van der Waals surface area contributed by atoms with Crippen molar-refractivity contribution in [3.8, 4) is 0 Å². The molecule has 0 spiro atoms. The predicted octanol–water partition coefficient (Wildman–Crippen LogP) is 3.24. The maximum absolute atomic E-state index is 7.30. The minimum absolute atomic E-state index is 0.0164. The van der Waals surface area contributed by atoms with Crippen LogP contribution >= 0.6 is 0 Å². The molecule has 2 aromatic heterocycles.